The van der Waals surface area contributed by atoms with Crippen molar-refractivity contribution in [3.8, 4) is 0 Å². The smallest absolute Gasteiger partial charge is 0.337 e. The zero-order valence-corrected chi connectivity index (χ0v) is 10.8. The van der Waals surface area contributed by atoms with E-state index in [0.29, 0.717) is 5.69 Å². The molecule has 6 heteroatoms. The van der Waals surface area contributed by atoms with Crippen LogP contribution in [0.3, 0.4) is 0 Å². The number of morpholine rings is 1. The number of anilines is 2. The molecule has 0 spiro atoms. The molecule has 6 nitrogen and oxygen atoms in total. The molecule has 0 saturated carbocycles. The van der Waals surface area contributed by atoms with Crippen LogP contribution in [-0.2, 0) is 4.74 Å². The Bertz CT molecular complexity index is 445. The zero-order valence-electron chi connectivity index (χ0n) is 10.8. The number of ether oxygens (including phenoxy) is 1. The van der Waals surface area contributed by atoms with Gasteiger partial charge in [-0.1, -0.05) is 6.07 Å². The maximum absolute atomic E-state index is 11.0. The average molecular weight is 265 g/mol. The molecule has 104 valence electrons. The van der Waals surface area contributed by atoms with Crippen molar-refractivity contribution in [2.24, 2.45) is 0 Å². The SMILES string of the molecule is Nc1c(NCCN2CCOCC2)cccc1C(=O)O. The summed E-state index contributed by atoms with van der Waals surface area (Å²) < 4.78 is 5.28. The lowest BCUT2D eigenvalue weighted by Crippen LogP contribution is -2.39. The Kier molecular flexibility index (Phi) is 4.59. The Morgan fingerprint density at radius 2 is 2.16 bits per heavy atom. The second kappa shape index (κ2) is 6.40. The van der Waals surface area contributed by atoms with E-state index in [4.69, 9.17) is 15.6 Å². The number of benzene rings is 1. The molecule has 19 heavy (non-hydrogen) atoms. The van der Waals surface area contributed by atoms with Gasteiger partial charge in [0.15, 0.2) is 0 Å². The number of carboxylic acid groups (broad SMARTS) is 1. The maximum Gasteiger partial charge on any atom is 0.337 e. The van der Waals surface area contributed by atoms with Crippen LogP contribution in [0.1, 0.15) is 10.4 Å². The van der Waals surface area contributed by atoms with Crippen molar-refractivity contribution in [1.82, 2.24) is 4.90 Å². The molecular formula is C13H19N3O3. The fourth-order valence-electron chi connectivity index (χ4n) is 2.08. The highest BCUT2D eigenvalue weighted by molar-refractivity contribution is 5.97. The van der Waals surface area contributed by atoms with E-state index in [0.717, 1.165) is 39.4 Å². The maximum atomic E-state index is 11.0. The zero-order chi connectivity index (χ0) is 13.7. The lowest BCUT2D eigenvalue weighted by Gasteiger charge is -2.26. The summed E-state index contributed by atoms with van der Waals surface area (Å²) in [4.78, 5) is 13.3. The van der Waals surface area contributed by atoms with E-state index in [2.05, 4.69) is 10.2 Å². The van der Waals surface area contributed by atoms with E-state index in [1.165, 1.54) is 6.07 Å². The van der Waals surface area contributed by atoms with Gasteiger partial charge in [0, 0.05) is 26.2 Å². The number of nitrogens with one attached hydrogen (secondary N) is 1. The molecule has 1 aliphatic heterocycles. The fourth-order valence-corrected chi connectivity index (χ4v) is 2.08. The van der Waals surface area contributed by atoms with Gasteiger partial charge in [-0.3, -0.25) is 4.90 Å². The fraction of sp³-hybridized carbons (Fsp3) is 0.462. The summed E-state index contributed by atoms with van der Waals surface area (Å²) in [5.41, 5.74) is 6.93. The Morgan fingerprint density at radius 3 is 2.84 bits per heavy atom. The van der Waals surface area contributed by atoms with Crippen LogP contribution >= 0.6 is 0 Å². The Morgan fingerprint density at radius 1 is 1.42 bits per heavy atom. The van der Waals surface area contributed by atoms with Crippen molar-refractivity contribution in [3.63, 3.8) is 0 Å². The lowest BCUT2D eigenvalue weighted by molar-refractivity contribution is 0.0398. The van der Waals surface area contributed by atoms with Gasteiger partial charge in [-0.25, -0.2) is 4.79 Å². The lowest BCUT2D eigenvalue weighted by atomic mass is 10.1. The van der Waals surface area contributed by atoms with Crippen molar-refractivity contribution >= 4 is 17.3 Å². The number of hydrogen-bond donors (Lipinski definition) is 3. The van der Waals surface area contributed by atoms with Crippen LogP contribution < -0.4 is 11.1 Å². The van der Waals surface area contributed by atoms with Crippen LogP contribution in [0.2, 0.25) is 0 Å². The summed E-state index contributed by atoms with van der Waals surface area (Å²) in [6, 6.07) is 4.99. The topological polar surface area (TPSA) is 87.8 Å². The summed E-state index contributed by atoms with van der Waals surface area (Å²) in [5, 5.41) is 12.2. The van der Waals surface area contributed by atoms with Gasteiger partial charge >= 0.3 is 5.97 Å². The highest BCUT2D eigenvalue weighted by Gasteiger charge is 2.12. The molecule has 1 saturated heterocycles. The molecule has 4 N–H and O–H groups in total. The Labute approximate surface area is 112 Å². The van der Waals surface area contributed by atoms with Crippen molar-refractivity contribution < 1.29 is 14.6 Å². The van der Waals surface area contributed by atoms with Crippen LogP contribution in [0, 0.1) is 0 Å². The van der Waals surface area contributed by atoms with Gasteiger partial charge in [-0.2, -0.15) is 0 Å². The van der Waals surface area contributed by atoms with Crippen molar-refractivity contribution in [2.45, 2.75) is 0 Å². The molecule has 1 aromatic rings. The molecule has 0 aromatic heterocycles. The van der Waals surface area contributed by atoms with Crippen LogP contribution in [-0.4, -0.2) is 55.4 Å². The van der Waals surface area contributed by atoms with Gasteiger partial charge < -0.3 is 20.9 Å². The van der Waals surface area contributed by atoms with E-state index in [1.807, 2.05) is 0 Å². The van der Waals surface area contributed by atoms with Crippen LogP contribution in [0.5, 0.6) is 0 Å². The highest BCUT2D eigenvalue weighted by atomic mass is 16.5. The quantitative estimate of drug-likeness (QED) is 0.680. The first-order chi connectivity index (χ1) is 9.18. The number of carbonyl (C=O) groups is 1. The second-order valence-electron chi connectivity index (χ2n) is 4.45. The van der Waals surface area contributed by atoms with Gasteiger partial charge in [0.1, 0.15) is 0 Å². The first kappa shape index (κ1) is 13.6. The van der Waals surface area contributed by atoms with Gasteiger partial charge in [0.2, 0.25) is 0 Å². The Hall–Kier alpha value is -1.79. The van der Waals surface area contributed by atoms with E-state index in [1.54, 1.807) is 12.1 Å². The number of nitrogen functional groups attached to an aromatic ring is 1. The normalized spacial score (nSPS) is 16.2. The largest absolute Gasteiger partial charge is 0.478 e. The minimum atomic E-state index is -1.01. The number of carboxylic acids is 1. The highest BCUT2D eigenvalue weighted by Crippen LogP contribution is 2.22. The van der Waals surface area contributed by atoms with Crippen molar-refractivity contribution in [3.05, 3.63) is 23.8 Å². The summed E-state index contributed by atoms with van der Waals surface area (Å²) >= 11 is 0. The average Bonchev–Trinajstić information content (AvgIpc) is 2.41. The third-order valence-corrected chi connectivity index (χ3v) is 3.18. The molecule has 1 aliphatic rings. The molecule has 0 unspecified atom stereocenters. The van der Waals surface area contributed by atoms with Crippen molar-refractivity contribution in [2.75, 3.05) is 50.4 Å². The first-order valence-corrected chi connectivity index (χ1v) is 6.34. The molecule has 0 radical (unpaired) electrons. The molecule has 0 amide bonds. The molecule has 0 bridgehead atoms. The van der Waals surface area contributed by atoms with E-state index < -0.39 is 5.97 Å². The minimum absolute atomic E-state index is 0.136. The minimum Gasteiger partial charge on any atom is -0.478 e. The number of rotatable bonds is 5. The second-order valence-corrected chi connectivity index (χ2v) is 4.45. The summed E-state index contributed by atoms with van der Waals surface area (Å²) in [6.45, 7) is 5.04. The molecule has 2 rings (SSSR count). The predicted molar refractivity (Wildman–Crippen MR) is 73.6 cm³/mol. The first-order valence-electron chi connectivity index (χ1n) is 6.34. The van der Waals surface area contributed by atoms with Crippen LogP contribution in [0.15, 0.2) is 18.2 Å². The number of para-hydroxylation sites is 1. The third-order valence-electron chi connectivity index (χ3n) is 3.18. The van der Waals surface area contributed by atoms with Gasteiger partial charge in [-0.05, 0) is 12.1 Å². The molecular weight excluding hydrogens is 246 g/mol. The van der Waals surface area contributed by atoms with Gasteiger partial charge in [0.05, 0.1) is 30.2 Å². The summed E-state index contributed by atoms with van der Waals surface area (Å²) in [6.07, 6.45) is 0. The summed E-state index contributed by atoms with van der Waals surface area (Å²) in [7, 11) is 0. The predicted octanol–water partition coefficient (Wildman–Crippen LogP) is 0.711. The molecule has 1 heterocycles. The van der Waals surface area contributed by atoms with Crippen molar-refractivity contribution in [1.29, 1.82) is 0 Å². The molecule has 0 atom stereocenters. The van der Waals surface area contributed by atoms with E-state index in [9.17, 15) is 4.79 Å². The van der Waals surface area contributed by atoms with Crippen LogP contribution in [0.4, 0.5) is 11.4 Å². The van der Waals surface area contributed by atoms with Gasteiger partial charge in [0.25, 0.3) is 0 Å². The molecule has 1 aromatic carbocycles. The Balaban J connectivity index is 1.88. The number of hydrogen-bond acceptors (Lipinski definition) is 5. The van der Waals surface area contributed by atoms with Crippen LogP contribution in [0.25, 0.3) is 0 Å². The van der Waals surface area contributed by atoms with Gasteiger partial charge in [-0.15, -0.1) is 0 Å². The number of nitrogens with zero attached hydrogens (tertiary/aromatic N) is 1. The number of nitrogens with two attached hydrogens (primary N) is 1. The molecule has 0 aliphatic carbocycles. The monoisotopic (exact) mass is 265 g/mol. The third kappa shape index (κ3) is 3.59. The standard InChI is InChI=1S/C13H19N3O3/c14-12-10(13(17)18)2-1-3-11(12)15-4-5-16-6-8-19-9-7-16/h1-3,15H,4-9,14H2,(H,17,18). The summed E-state index contributed by atoms with van der Waals surface area (Å²) in [5.74, 6) is -1.01. The van der Waals surface area contributed by atoms with E-state index >= 15 is 0 Å². The number of aromatic carboxylic acids is 1. The van der Waals surface area contributed by atoms with E-state index in [-0.39, 0.29) is 11.3 Å². The molecule has 1 fully saturated rings.